The highest BCUT2D eigenvalue weighted by atomic mass is 19.4. The first-order valence-electron chi connectivity index (χ1n) is 4.62. The summed E-state index contributed by atoms with van der Waals surface area (Å²) < 4.78 is 37.2. The molecule has 0 aromatic rings. The number of hydrogen-bond acceptors (Lipinski definition) is 1. The van der Waals surface area contributed by atoms with Crippen LogP contribution in [0.3, 0.4) is 0 Å². The summed E-state index contributed by atoms with van der Waals surface area (Å²) >= 11 is 0. The van der Waals surface area contributed by atoms with Gasteiger partial charge in [0.2, 0.25) is 0 Å². The molecule has 1 nitrogen and oxygen atoms in total. The molecule has 0 radical (unpaired) electrons. The van der Waals surface area contributed by atoms with Gasteiger partial charge in [-0.05, 0) is 25.3 Å². The van der Waals surface area contributed by atoms with Crippen LogP contribution in [0.15, 0.2) is 23.3 Å². The molecule has 80 valence electrons. The van der Waals surface area contributed by atoms with Crippen molar-refractivity contribution < 1.29 is 13.2 Å². The van der Waals surface area contributed by atoms with Gasteiger partial charge in [0, 0.05) is 5.57 Å². The quantitative estimate of drug-likeness (QED) is 0.737. The summed E-state index contributed by atoms with van der Waals surface area (Å²) in [6.45, 7) is 2.18. The molecule has 0 amide bonds. The third kappa shape index (κ3) is 2.87. The molecule has 1 atom stereocenters. The third-order valence-corrected chi connectivity index (χ3v) is 2.20. The van der Waals surface area contributed by atoms with E-state index in [9.17, 15) is 13.2 Å². The Balaban J connectivity index is 2.84. The fourth-order valence-corrected chi connectivity index (χ4v) is 1.62. The molecule has 0 spiro atoms. The van der Waals surface area contributed by atoms with Crippen LogP contribution >= 0.6 is 0 Å². The van der Waals surface area contributed by atoms with Crippen LogP contribution in [0.1, 0.15) is 19.8 Å². The maximum absolute atomic E-state index is 12.4. The van der Waals surface area contributed by atoms with Crippen molar-refractivity contribution in [2.75, 3.05) is 6.54 Å². The lowest BCUT2D eigenvalue weighted by molar-refractivity contribution is -0.0950. The maximum atomic E-state index is 12.4. The Labute approximate surface area is 81.5 Å². The van der Waals surface area contributed by atoms with Crippen molar-refractivity contribution in [3.05, 3.63) is 23.3 Å². The molecule has 0 heterocycles. The number of rotatable bonds is 2. The highest BCUT2D eigenvalue weighted by molar-refractivity contribution is 5.31. The predicted molar refractivity (Wildman–Crippen MR) is 49.7 cm³/mol. The van der Waals surface area contributed by atoms with Gasteiger partial charge in [-0.1, -0.05) is 24.6 Å². The van der Waals surface area contributed by atoms with E-state index in [1.807, 2.05) is 6.08 Å². The molecule has 1 unspecified atom stereocenters. The maximum Gasteiger partial charge on any atom is 0.412 e. The molecule has 1 aliphatic rings. The highest BCUT2D eigenvalue weighted by Crippen LogP contribution is 2.35. The van der Waals surface area contributed by atoms with Crippen LogP contribution < -0.4 is 5.73 Å². The van der Waals surface area contributed by atoms with Gasteiger partial charge in [0.25, 0.3) is 0 Å². The van der Waals surface area contributed by atoms with E-state index in [-0.39, 0.29) is 12.3 Å². The number of nitrogens with two attached hydrogens (primary N) is 1. The van der Waals surface area contributed by atoms with Crippen molar-refractivity contribution in [3.63, 3.8) is 0 Å². The smallest absolute Gasteiger partial charge is 0.330 e. The minimum atomic E-state index is -4.19. The fraction of sp³-hybridized carbons (Fsp3) is 0.600. The first-order valence-corrected chi connectivity index (χ1v) is 4.62. The Hall–Kier alpha value is -0.770. The van der Waals surface area contributed by atoms with Crippen molar-refractivity contribution in [1.29, 1.82) is 0 Å². The standard InChI is InChI=1S/C10H14F3N/c1-7-4-8(2-3-14)6-9(5-7)10(11,12)13/h4,6-7H,2-3,5,14H2,1H3. The Bertz CT molecular complexity index is 263. The Morgan fingerprint density at radius 1 is 1.50 bits per heavy atom. The van der Waals surface area contributed by atoms with Gasteiger partial charge in [0.05, 0.1) is 0 Å². The van der Waals surface area contributed by atoms with Gasteiger partial charge in [0.1, 0.15) is 0 Å². The largest absolute Gasteiger partial charge is 0.412 e. The number of alkyl halides is 3. The minimum absolute atomic E-state index is 0.0434. The van der Waals surface area contributed by atoms with Gasteiger partial charge in [-0.25, -0.2) is 0 Å². The average Bonchev–Trinajstić information content (AvgIpc) is 2.02. The van der Waals surface area contributed by atoms with Crippen LogP contribution in [-0.2, 0) is 0 Å². The van der Waals surface area contributed by atoms with Crippen LogP contribution in [0.5, 0.6) is 0 Å². The minimum Gasteiger partial charge on any atom is -0.330 e. The lowest BCUT2D eigenvalue weighted by Gasteiger charge is -2.20. The summed E-state index contributed by atoms with van der Waals surface area (Å²) in [6, 6.07) is 0. The number of hydrogen-bond donors (Lipinski definition) is 1. The van der Waals surface area contributed by atoms with Crippen molar-refractivity contribution in [3.8, 4) is 0 Å². The van der Waals surface area contributed by atoms with Gasteiger partial charge in [-0.2, -0.15) is 13.2 Å². The first-order chi connectivity index (χ1) is 6.43. The van der Waals surface area contributed by atoms with E-state index in [0.29, 0.717) is 18.5 Å². The Kier molecular flexibility index (Phi) is 3.37. The van der Waals surface area contributed by atoms with E-state index in [1.54, 1.807) is 6.92 Å². The van der Waals surface area contributed by atoms with Gasteiger partial charge in [-0.3, -0.25) is 0 Å². The average molecular weight is 205 g/mol. The lowest BCUT2D eigenvalue weighted by Crippen LogP contribution is -2.17. The second-order valence-corrected chi connectivity index (χ2v) is 3.63. The van der Waals surface area contributed by atoms with E-state index in [1.165, 1.54) is 6.08 Å². The molecule has 14 heavy (non-hydrogen) atoms. The van der Waals surface area contributed by atoms with E-state index >= 15 is 0 Å². The Morgan fingerprint density at radius 2 is 2.14 bits per heavy atom. The SMILES string of the molecule is CC1C=C(CCN)C=C(C(F)(F)F)C1. The van der Waals surface area contributed by atoms with Crippen LogP contribution in [0.2, 0.25) is 0 Å². The predicted octanol–water partition coefficient (Wildman–Crippen LogP) is 2.79. The van der Waals surface area contributed by atoms with Crippen molar-refractivity contribution >= 4 is 0 Å². The molecule has 0 aromatic carbocycles. The molecule has 0 saturated heterocycles. The van der Waals surface area contributed by atoms with Gasteiger partial charge < -0.3 is 5.73 Å². The van der Waals surface area contributed by atoms with E-state index in [4.69, 9.17) is 5.73 Å². The Morgan fingerprint density at radius 3 is 2.64 bits per heavy atom. The molecule has 2 N–H and O–H groups in total. The van der Waals surface area contributed by atoms with Gasteiger partial charge >= 0.3 is 6.18 Å². The lowest BCUT2D eigenvalue weighted by atomic mass is 9.90. The van der Waals surface area contributed by atoms with Crippen molar-refractivity contribution in [2.45, 2.75) is 25.9 Å². The number of allylic oxidation sites excluding steroid dienone is 3. The molecule has 0 fully saturated rings. The summed E-state index contributed by atoms with van der Waals surface area (Å²) in [4.78, 5) is 0. The monoisotopic (exact) mass is 205 g/mol. The normalized spacial score (nSPS) is 23.1. The van der Waals surface area contributed by atoms with Gasteiger partial charge in [-0.15, -0.1) is 0 Å². The van der Waals surface area contributed by atoms with Crippen LogP contribution in [0.25, 0.3) is 0 Å². The summed E-state index contributed by atoms with van der Waals surface area (Å²) in [5, 5.41) is 0. The number of halogens is 3. The molecule has 1 rings (SSSR count). The summed E-state index contributed by atoms with van der Waals surface area (Å²) in [5.74, 6) is -0.0434. The second kappa shape index (κ2) is 4.17. The molecular formula is C10H14F3N. The first kappa shape index (κ1) is 11.3. The van der Waals surface area contributed by atoms with Crippen molar-refractivity contribution in [1.82, 2.24) is 0 Å². The van der Waals surface area contributed by atoms with Crippen LogP contribution in [-0.4, -0.2) is 12.7 Å². The zero-order chi connectivity index (χ0) is 10.8. The molecular weight excluding hydrogens is 191 g/mol. The zero-order valence-electron chi connectivity index (χ0n) is 8.06. The molecule has 1 aliphatic carbocycles. The van der Waals surface area contributed by atoms with E-state index in [0.717, 1.165) is 0 Å². The molecule has 0 aliphatic heterocycles. The fourth-order valence-electron chi connectivity index (χ4n) is 1.62. The summed E-state index contributed by atoms with van der Waals surface area (Å²) in [5.41, 5.74) is 5.58. The second-order valence-electron chi connectivity index (χ2n) is 3.63. The summed E-state index contributed by atoms with van der Waals surface area (Å²) in [7, 11) is 0. The van der Waals surface area contributed by atoms with Crippen molar-refractivity contribution in [2.24, 2.45) is 11.7 Å². The molecule has 4 heteroatoms. The topological polar surface area (TPSA) is 26.0 Å². The van der Waals surface area contributed by atoms with Crippen LogP contribution in [0, 0.1) is 5.92 Å². The molecule has 0 saturated carbocycles. The third-order valence-electron chi connectivity index (χ3n) is 2.20. The van der Waals surface area contributed by atoms with E-state index in [2.05, 4.69) is 0 Å². The highest BCUT2D eigenvalue weighted by Gasteiger charge is 2.35. The van der Waals surface area contributed by atoms with E-state index < -0.39 is 11.7 Å². The molecule has 0 aromatic heterocycles. The van der Waals surface area contributed by atoms with Gasteiger partial charge in [0.15, 0.2) is 0 Å². The molecule has 0 bridgehead atoms. The van der Waals surface area contributed by atoms with Crippen LogP contribution in [0.4, 0.5) is 13.2 Å². The summed E-state index contributed by atoms with van der Waals surface area (Å²) in [6.07, 6.45) is -0.501. The zero-order valence-corrected chi connectivity index (χ0v) is 8.06.